The number of aryl methyl sites for hydroxylation is 2. The number of hydrogen-bond acceptors (Lipinski definition) is 4. The maximum absolute atomic E-state index is 12.4. The third-order valence-corrected chi connectivity index (χ3v) is 3.11. The molecule has 3 N–H and O–H groups in total. The highest BCUT2D eigenvalue weighted by Gasteiger charge is 2.22. The molecule has 5 heteroatoms. The standard InChI is InChI=1S/C14H16N2O3/c1-4-9-8(3)16-14(18)12(15)11(9)13(17)10-6-5-7(2)19-10/h5-6H,4,15H2,1-3H3,(H,16,18). The van der Waals surface area contributed by atoms with Gasteiger partial charge in [0.2, 0.25) is 5.78 Å². The molecule has 0 spiro atoms. The average Bonchev–Trinajstić information content (AvgIpc) is 2.79. The van der Waals surface area contributed by atoms with Gasteiger partial charge in [0.15, 0.2) is 5.76 Å². The first-order valence-corrected chi connectivity index (χ1v) is 6.08. The minimum Gasteiger partial charge on any atom is -0.458 e. The summed E-state index contributed by atoms with van der Waals surface area (Å²) in [4.78, 5) is 26.8. The molecule has 2 aromatic rings. The molecule has 2 rings (SSSR count). The number of hydrogen-bond donors (Lipinski definition) is 2. The molecule has 0 unspecified atom stereocenters. The Morgan fingerprint density at radius 2 is 2.05 bits per heavy atom. The number of anilines is 1. The van der Waals surface area contributed by atoms with Crippen LogP contribution < -0.4 is 11.3 Å². The maximum Gasteiger partial charge on any atom is 0.272 e. The first-order valence-electron chi connectivity index (χ1n) is 6.08. The molecule has 5 nitrogen and oxygen atoms in total. The first-order chi connectivity index (χ1) is 8.95. The third-order valence-electron chi connectivity index (χ3n) is 3.11. The van der Waals surface area contributed by atoms with E-state index in [9.17, 15) is 9.59 Å². The molecular weight excluding hydrogens is 244 g/mol. The van der Waals surface area contributed by atoms with Gasteiger partial charge in [-0.05, 0) is 38.0 Å². The van der Waals surface area contributed by atoms with Gasteiger partial charge in [-0.3, -0.25) is 9.59 Å². The molecule has 2 heterocycles. The summed E-state index contributed by atoms with van der Waals surface area (Å²) >= 11 is 0. The predicted octanol–water partition coefficient (Wildman–Crippen LogP) is 1.96. The molecule has 0 atom stereocenters. The Bertz CT molecular complexity index is 695. The van der Waals surface area contributed by atoms with Crippen molar-refractivity contribution in [3.05, 3.63) is 50.8 Å². The van der Waals surface area contributed by atoms with Crippen LogP contribution in [0.25, 0.3) is 0 Å². The number of carbonyl (C=O) groups is 1. The van der Waals surface area contributed by atoms with E-state index in [0.29, 0.717) is 17.9 Å². The lowest BCUT2D eigenvalue weighted by molar-refractivity contribution is 0.101. The molecule has 0 aliphatic carbocycles. The summed E-state index contributed by atoms with van der Waals surface area (Å²) in [7, 11) is 0. The molecule has 0 saturated heterocycles. The normalized spacial score (nSPS) is 10.7. The predicted molar refractivity (Wildman–Crippen MR) is 72.5 cm³/mol. The van der Waals surface area contributed by atoms with Crippen molar-refractivity contribution in [2.24, 2.45) is 0 Å². The Hall–Kier alpha value is -2.30. The molecule has 0 amide bonds. The zero-order chi connectivity index (χ0) is 14.2. The van der Waals surface area contributed by atoms with Gasteiger partial charge in [-0.2, -0.15) is 0 Å². The second kappa shape index (κ2) is 4.76. The monoisotopic (exact) mass is 260 g/mol. The van der Waals surface area contributed by atoms with Crippen molar-refractivity contribution in [1.29, 1.82) is 0 Å². The molecule has 0 fully saturated rings. The van der Waals surface area contributed by atoms with E-state index in [1.807, 2.05) is 6.92 Å². The Balaban J connectivity index is 2.68. The van der Waals surface area contributed by atoms with Crippen molar-refractivity contribution in [3.63, 3.8) is 0 Å². The van der Waals surface area contributed by atoms with Crippen LogP contribution in [0.1, 0.15) is 40.1 Å². The van der Waals surface area contributed by atoms with Gasteiger partial charge in [0.25, 0.3) is 5.56 Å². The quantitative estimate of drug-likeness (QED) is 0.825. The van der Waals surface area contributed by atoms with Crippen molar-refractivity contribution in [2.45, 2.75) is 27.2 Å². The number of aromatic amines is 1. The number of nitrogens with two attached hydrogens (primary N) is 1. The van der Waals surface area contributed by atoms with Gasteiger partial charge in [-0.15, -0.1) is 0 Å². The minimum atomic E-state index is -0.443. The smallest absolute Gasteiger partial charge is 0.272 e. The molecule has 0 aromatic carbocycles. The number of H-pyrrole nitrogens is 1. The fourth-order valence-electron chi connectivity index (χ4n) is 2.16. The molecule has 0 aliphatic heterocycles. The lowest BCUT2D eigenvalue weighted by Gasteiger charge is -2.11. The van der Waals surface area contributed by atoms with Gasteiger partial charge in [0, 0.05) is 5.69 Å². The van der Waals surface area contributed by atoms with Gasteiger partial charge in [0.05, 0.1) is 5.56 Å². The molecule has 0 bridgehead atoms. The summed E-state index contributed by atoms with van der Waals surface area (Å²) in [6.07, 6.45) is 0.605. The lowest BCUT2D eigenvalue weighted by atomic mass is 9.98. The van der Waals surface area contributed by atoms with Crippen molar-refractivity contribution >= 4 is 11.5 Å². The topological polar surface area (TPSA) is 89.1 Å². The first kappa shape index (κ1) is 13.1. The van der Waals surface area contributed by atoms with E-state index >= 15 is 0 Å². The van der Waals surface area contributed by atoms with E-state index < -0.39 is 5.56 Å². The Labute approximate surface area is 110 Å². The highest BCUT2D eigenvalue weighted by Crippen LogP contribution is 2.21. The molecule has 2 aromatic heterocycles. The van der Waals surface area contributed by atoms with E-state index in [2.05, 4.69) is 4.98 Å². The molecule has 0 aliphatic rings. The summed E-state index contributed by atoms with van der Waals surface area (Å²) in [5, 5.41) is 0. The van der Waals surface area contributed by atoms with E-state index in [1.165, 1.54) is 0 Å². The highest BCUT2D eigenvalue weighted by atomic mass is 16.3. The van der Waals surface area contributed by atoms with Gasteiger partial charge in [-0.25, -0.2) is 0 Å². The number of aromatic nitrogens is 1. The van der Waals surface area contributed by atoms with Crippen LogP contribution >= 0.6 is 0 Å². The third kappa shape index (κ3) is 2.19. The van der Waals surface area contributed by atoms with Crippen LogP contribution in [0.5, 0.6) is 0 Å². The fraction of sp³-hybridized carbons (Fsp3) is 0.286. The Morgan fingerprint density at radius 1 is 1.37 bits per heavy atom. The second-order valence-corrected chi connectivity index (χ2v) is 4.44. The minimum absolute atomic E-state index is 0.0542. The van der Waals surface area contributed by atoms with Crippen LogP contribution in [0.3, 0.4) is 0 Å². The van der Waals surface area contributed by atoms with Crippen LogP contribution in [0.15, 0.2) is 21.3 Å². The lowest BCUT2D eigenvalue weighted by Crippen LogP contribution is -2.21. The summed E-state index contributed by atoms with van der Waals surface area (Å²) in [6, 6.07) is 3.29. The zero-order valence-corrected chi connectivity index (χ0v) is 11.2. The van der Waals surface area contributed by atoms with Crippen molar-refractivity contribution in [3.8, 4) is 0 Å². The van der Waals surface area contributed by atoms with Crippen LogP contribution in [-0.2, 0) is 6.42 Å². The van der Waals surface area contributed by atoms with Gasteiger partial charge in [0.1, 0.15) is 11.4 Å². The molecule has 19 heavy (non-hydrogen) atoms. The molecule has 0 saturated carbocycles. The van der Waals surface area contributed by atoms with Crippen LogP contribution in [0.2, 0.25) is 0 Å². The molecular formula is C14H16N2O3. The zero-order valence-electron chi connectivity index (χ0n) is 11.2. The van der Waals surface area contributed by atoms with Crippen LogP contribution in [-0.4, -0.2) is 10.8 Å². The highest BCUT2D eigenvalue weighted by molar-refractivity contribution is 6.11. The molecule has 100 valence electrons. The number of pyridine rings is 1. The van der Waals surface area contributed by atoms with E-state index in [1.54, 1.807) is 26.0 Å². The van der Waals surface area contributed by atoms with Crippen molar-refractivity contribution < 1.29 is 9.21 Å². The summed E-state index contributed by atoms with van der Waals surface area (Å²) < 4.78 is 5.32. The summed E-state index contributed by atoms with van der Waals surface area (Å²) in [6.45, 7) is 5.41. The van der Waals surface area contributed by atoms with Crippen molar-refractivity contribution in [2.75, 3.05) is 5.73 Å². The number of nitrogens with one attached hydrogen (secondary N) is 1. The van der Waals surface area contributed by atoms with Gasteiger partial charge < -0.3 is 15.1 Å². The number of ketones is 1. The largest absolute Gasteiger partial charge is 0.458 e. The number of carbonyl (C=O) groups excluding carboxylic acids is 1. The van der Waals surface area contributed by atoms with Crippen LogP contribution in [0, 0.1) is 13.8 Å². The van der Waals surface area contributed by atoms with Gasteiger partial charge >= 0.3 is 0 Å². The average molecular weight is 260 g/mol. The number of furan rings is 1. The van der Waals surface area contributed by atoms with Gasteiger partial charge in [-0.1, -0.05) is 6.92 Å². The second-order valence-electron chi connectivity index (χ2n) is 4.44. The van der Waals surface area contributed by atoms with Crippen molar-refractivity contribution in [1.82, 2.24) is 4.98 Å². The number of rotatable bonds is 3. The SMILES string of the molecule is CCc1c(C)[nH]c(=O)c(N)c1C(=O)c1ccc(C)o1. The van der Waals surface area contributed by atoms with E-state index in [0.717, 1.165) is 5.56 Å². The summed E-state index contributed by atoms with van der Waals surface area (Å²) in [5.74, 6) is 0.488. The fourth-order valence-corrected chi connectivity index (χ4v) is 2.16. The Morgan fingerprint density at radius 3 is 2.58 bits per heavy atom. The number of nitrogen functional groups attached to an aromatic ring is 1. The molecule has 0 radical (unpaired) electrons. The Kier molecular flexibility index (Phi) is 3.29. The van der Waals surface area contributed by atoms with Crippen LogP contribution in [0.4, 0.5) is 5.69 Å². The summed E-state index contributed by atoms with van der Waals surface area (Å²) in [5.41, 5.74) is 6.92. The maximum atomic E-state index is 12.4. The van der Waals surface area contributed by atoms with E-state index in [4.69, 9.17) is 10.2 Å². The van der Waals surface area contributed by atoms with E-state index in [-0.39, 0.29) is 22.8 Å².